The van der Waals surface area contributed by atoms with Crippen molar-refractivity contribution in [3.63, 3.8) is 0 Å². The molecule has 0 spiro atoms. The number of halogens is 1. The van der Waals surface area contributed by atoms with Gasteiger partial charge in [-0.25, -0.2) is 0 Å². The summed E-state index contributed by atoms with van der Waals surface area (Å²) in [6, 6.07) is 16.8. The molecule has 0 radical (unpaired) electrons. The summed E-state index contributed by atoms with van der Waals surface area (Å²) in [5.41, 5.74) is 3.63. The highest BCUT2D eigenvalue weighted by Gasteiger charge is 2.14. The molecule has 1 fully saturated rings. The number of aliphatic imine (C=N–C) groups is 1. The van der Waals surface area contributed by atoms with Crippen LogP contribution in [0.3, 0.4) is 0 Å². The largest absolute Gasteiger partial charge is 0.494 e. The van der Waals surface area contributed by atoms with Crippen LogP contribution in [0, 0.1) is 0 Å². The third kappa shape index (κ3) is 8.60. The first kappa shape index (κ1) is 26.4. The van der Waals surface area contributed by atoms with Gasteiger partial charge in [-0.05, 0) is 48.6 Å². The SMILES string of the molecule is CCOc1ccc(CN(C)C(=NC)NCc2ccc(COC3CCOCC3)cc2)cc1.I. The zero-order valence-corrected chi connectivity index (χ0v) is 21.7. The second-order valence-corrected chi connectivity index (χ2v) is 7.77. The minimum Gasteiger partial charge on any atom is -0.494 e. The molecule has 2 aromatic carbocycles. The van der Waals surface area contributed by atoms with Crippen LogP contribution in [0.5, 0.6) is 5.75 Å². The third-order valence-electron chi connectivity index (χ3n) is 5.36. The van der Waals surface area contributed by atoms with E-state index in [4.69, 9.17) is 14.2 Å². The molecule has 0 saturated carbocycles. The second-order valence-electron chi connectivity index (χ2n) is 7.77. The Kier molecular flexibility index (Phi) is 11.8. The second kappa shape index (κ2) is 14.3. The molecule has 6 nitrogen and oxygen atoms in total. The summed E-state index contributed by atoms with van der Waals surface area (Å²) in [5, 5.41) is 3.45. The Morgan fingerprint density at radius 1 is 1.03 bits per heavy atom. The smallest absolute Gasteiger partial charge is 0.193 e. The number of guanidine groups is 1. The van der Waals surface area contributed by atoms with Crippen molar-refractivity contribution < 1.29 is 14.2 Å². The quantitative estimate of drug-likeness (QED) is 0.280. The number of benzene rings is 2. The highest BCUT2D eigenvalue weighted by atomic mass is 127. The summed E-state index contributed by atoms with van der Waals surface area (Å²) in [4.78, 5) is 6.54. The molecule has 1 saturated heterocycles. The van der Waals surface area contributed by atoms with E-state index in [9.17, 15) is 0 Å². The van der Waals surface area contributed by atoms with Crippen molar-refractivity contribution in [3.8, 4) is 5.75 Å². The van der Waals surface area contributed by atoms with Gasteiger partial charge in [0.1, 0.15) is 5.75 Å². The molecule has 0 aliphatic carbocycles. The van der Waals surface area contributed by atoms with Crippen LogP contribution in [0.1, 0.15) is 36.5 Å². The number of hydrogen-bond acceptors (Lipinski definition) is 4. The summed E-state index contributed by atoms with van der Waals surface area (Å²) in [5.74, 6) is 1.76. The van der Waals surface area contributed by atoms with Crippen LogP contribution in [-0.4, -0.2) is 50.9 Å². The van der Waals surface area contributed by atoms with E-state index in [0.29, 0.717) is 19.3 Å². The lowest BCUT2D eigenvalue weighted by atomic mass is 10.1. The lowest BCUT2D eigenvalue weighted by molar-refractivity contribution is -0.0390. The minimum absolute atomic E-state index is 0. The lowest BCUT2D eigenvalue weighted by Crippen LogP contribution is -2.38. The van der Waals surface area contributed by atoms with Crippen molar-refractivity contribution in [2.75, 3.05) is 33.9 Å². The number of nitrogens with zero attached hydrogens (tertiary/aromatic N) is 2. The van der Waals surface area contributed by atoms with Crippen molar-refractivity contribution >= 4 is 29.9 Å². The molecule has 1 aliphatic heterocycles. The van der Waals surface area contributed by atoms with Crippen LogP contribution in [0.4, 0.5) is 0 Å². The Labute approximate surface area is 209 Å². The van der Waals surface area contributed by atoms with Gasteiger partial charge in [0, 0.05) is 40.4 Å². The van der Waals surface area contributed by atoms with Crippen molar-refractivity contribution in [1.29, 1.82) is 0 Å². The molecule has 0 aromatic heterocycles. The summed E-state index contributed by atoms with van der Waals surface area (Å²) < 4.78 is 16.9. The van der Waals surface area contributed by atoms with E-state index >= 15 is 0 Å². The topological polar surface area (TPSA) is 55.3 Å². The first-order valence-electron chi connectivity index (χ1n) is 11.1. The molecule has 1 N–H and O–H groups in total. The van der Waals surface area contributed by atoms with Crippen molar-refractivity contribution in [2.24, 2.45) is 4.99 Å². The average Bonchev–Trinajstić information content (AvgIpc) is 2.81. The molecule has 32 heavy (non-hydrogen) atoms. The molecule has 0 bridgehead atoms. The van der Waals surface area contributed by atoms with Gasteiger partial charge in [0.05, 0.1) is 19.3 Å². The normalized spacial score (nSPS) is 14.5. The molecule has 7 heteroatoms. The van der Waals surface area contributed by atoms with Crippen LogP contribution < -0.4 is 10.1 Å². The predicted molar refractivity (Wildman–Crippen MR) is 140 cm³/mol. The first-order valence-corrected chi connectivity index (χ1v) is 11.1. The summed E-state index contributed by atoms with van der Waals surface area (Å²) in [7, 11) is 3.86. The molecule has 1 aliphatic rings. The van der Waals surface area contributed by atoms with Gasteiger partial charge in [-0.2, -0.15) is 0 Å². The molecular formula is C25H36IN3O3. The summed E-state index contributed by atoms with van der Waals surface area (Å²) in [6.07, 6.45) is 2.31. The summed E-state index contributed by atoms with van der Waals surface area (Å²) in [6.45, 7) is 6.44. The van der Waals surface area contributed by atoms with Gasteiger partial charge < -0.3 is 24.4 Å². The maximum Gasteiger partial charge on any atom is 0.193 e. The van der Waals surface area contributed by atoms with E-state index in [2.05, 4.69) is 51.6 Å². The van der Waals surface area contributed by atoms with E-state index < -0.39 is 0 Å². The van der Waals surface area contributed by atoms with E-state index in [-0.39, 0.29) is 24.0 Å². The maximum absolute atomic E-state index is 6.00. The number of rotatable bonds is 9. The van der Waals surface area contributed by atoms with Crippen molar-refractivity contribution in [3.05, 3.63) is 65.2 Å². The molecular weight excluding hydrogens is 517 g/mol. The van der Waals surface area contributed by atoms with Crippen molar-refractivity contribution in [2.45, 2.75) is 45.6 Å². The van der Waals surface area contributed by atoms with Gasteiger partial charge in [-0.15, -0.1) is 24.0 Å². The van der Waals surface area contributed by atoms with Gasteiger partial charge in [0.2, 0.25) is 0 Å². The first-order chi connectivity index (χ1) is 15.2. The zero-order chi connectivity index (χ0) is 21.9. The number of nitrogens with one attached hydrogen (secondary N) is 1. The van der Waals surface area contributed by atoms with E-state index in [1.807, 2.05) is 33.2 Å². The van der Waals surface area contributed by atoms with Gasteiger partial charge in [-0.3, -0.25) is 4.99 Å². The molecule has 0 atom stereocenters. The Morgan fingerprint density at radius 3 is 2.28 bits per heavy atom. The predicted octanol–water partition coefficient (Wildman–Crippen LogP) is 4.61. The third-order valence-corrected chi connectivity index (χ3v) is 5.36. The maximum atomic E-state index is 6.00. The minimum atomic E-state index is 0. The van der Waals surface area contributed by atoms with E-state index in [1.54, 1.807) is 0 Å². The molecule has 3 rings (SSSR count). The van der Waals surface area contributed by atoms with Crippen LogP contribution >= 0.6 is 24.0 Å². The van der Waals surface area contributed by atoms with Crippen LogP contribution in [0.2, 0.25) is 0 Å². The standard InChI is InChI=1S/C25H35N3O3.HI/c1-4-30-23-11-9-21(10-12-23)18-28(3)25(26-2)27-17-20-5-7-22(8-6-20)19-31-24-13-15-29-16-14-24;/h5-12,24H,4,13-19H2,1-3H3,(H,26,27);1H. The monoisotopic (exact) mass is 553 g/mol. The highest BCUT2D eigenvalue weighted by molar-refractivity contribution is 14.0. The van der Waals surface area contributed by atoms with Gasteiger partial charge >= 0.3 is 0 Å². The fourth-order valence-electron chi connectivity index (χ4n) is 3.58. The number of hydrogen-bond donors (Lipinski definition) is 1. The molecule has 1 heterocycles. The Hall–Kier alpha value is -1.84. The summed E-state index contributed by atoms with van der Waals surface area (Å²) >= 11 is 0. The van der Waals surface area contributed by atoms with Gasteiger partial charge in [0.25, 0.3) is 0 Å². The highest BCUT2D eigenvalue weighted by Crippen LogP contribution is 2.15. The Morgan fingerprint density at radius 2 is 1.66 bits per heavy atom. The molecule has 176 valence electrons. The molecule has 0 unspecified atom stereocenters. The van der Waals surface area contributed by atoms with E-state index in [0.717, 1.165) is 50.9 Å². The molecule has 2 aromatic rings. The fraction of sp³-hybridized carbons (Fsp3) is 0.480. The van der Waals surface area contributed by atoms with Gasteiger partial charge in [-0.1, -0.05) is 36.4 Å². The van der Waals surface area contributed by atoms with Crippen LogP contribution in [0.15, 0.2) is 53.5 Å². The zero-order valence-electron chi connectivity index (χ0n) is 19.4. The van der Waals surface area contributed by atoms with Crippen LogP contribution in [0.25, 0.3) is 0 Å². The lowest BCUT2D eigenvalue weighted by Gasteiger charge is -2.23. The average molecular weight is 553 g/mol. The number of ether oxygens (including phenoxy) is 3. The Balaban J connectivity index is 0.00000363. The van der Waals surface area contributed by atoms with E-state index in [1.165, 1.54) is 16.7 Å². The fourth-order valence-corrected chi connectivity index (χ4v) is 3.58. The van der Waals surface area contributed by atoms with Crippen molar-refractivity contribution in [1.82, 2.24) is 10.2 Å². The Bertz CT molecular complexity index is 806. The molecule has 0 amide bonds. The van der Waals surface area contributed by atoms with Gasteiger partial charge in [0.15, 0.2) is 5.96 Å². The van der Waals surface area contributed by atoms with Crippen LogP contribution in [-0.2, 0) is 29.2 Å².